The minimum atomic E-state index is -1.11. The third kappa shape index (κ3) is 7.28. The average Bonchev–Trinajstić information content (AvgIpc) is 2.46. The summed E-state index contributed by atoms with van der Waals surface area (Å²) < 4.78 is 5.07. The molecule has 2 N–H and O–H groups in total. The summed E-state index contributed by atoms with van der Waals surface area (Å²) in [6.07, 6.45) is 1.53. The van der Waals surface area contributed by atoms with Crippen LogP contribution in [0.2, 0.25) is 0 Å². The zero-order valence-electron chi connectivity index (χ0n) is 12.6. The summed E-state index contributed by atoms with van der Waals surface area (Å²) in [6, 6.07) is 7.02. The second-order valence-electron chi connectivity index (χ2n) is 4.77. The molecule has 0 bridgehead atoms. The summed E-state index contributed by atoms with van der Waals surface area (Å²) in [7, 11) is 0. The van der Waals surface area contributed by atoms with Crippen LogP contribution >= 0.6 is 11.8 Å². The molecule has 1 unspecified atom stereocenters. The van der Waals surface area contributed by atoms with Gasteiger partial charge in [0.2, 0.25) is 5.91 Å². The Morgan fingerprint density at radius 2 is 2.27 bits per heavy atom. The van der Waals surface area contributed by atoms with Crippen molar-refractivity contribution in [3.05, 3.63) is 48.0 Å². The summed E-state index contributed by atoms with van der Waals surface area (Å²) in [5.74, 6) is -0.507. The van der Waals surface area contributed by atoms with E-state index in [2.05, 4.69) is 18.0 Å². The average molecular weight is 323 g/mol. The van der Waals surface area contributed by atoms with Gasteiger partial charge >= 0.3 is 5.97 Å². The third-order valence-corrected chi connectivity index (χ3v) is 3.74. The quantitative estimate of drug-likeness (QED) is 0.509. The Morgan fingerprint density at radius 3 is 2.91 bits per heavy atom. The van der Waals surface area contributed by atoms with Crippen molar-refractivity contribution in [3.8, 4) is 0 Å². The number of aliphatic carboxylic acids is 1. The molecule has 120 valence electrons. The molecule has 0 aliphatic heterocycles. The van der Waals surface area contributed by atoms with Crippen LogP contribution in [0.15, 0.2) is 36.9 Å². The van der Waals surface area contributed by atoms with Gasteiger partial charge in [-0.3, -0.25) is 4.79 Å². The van der Waals surface area contributed by atoms with Gasteiger partial charge in [-0.2, -0.15) is 0 Å². The largest absolute Gasteiger partial charge is 0.480 e. The number of thioether (sulfide) groups is 1. The van der Waals surface area contributed by atoms with Crippen LogP contribution in [0.3, 0.4) is 0 Å². The fraction of sp³-hybridized carbons (Fsp3) is 0.375. The number of rotatable bonds is 10. The predicted molar refractivity (Wildman–Crippen MR) is 87.9 cm³/mol. The summed E-state index contributed by atoms with van der Waals surface area (Å²) in [4.78, 5) is 22.8. The van der Waals surface area contributed by atoms with Crippen LogP contribution in [0.5, 0.6) is 0 Å². The van der Waals surface area contributed by atoms with Gasteiger partial charge in [0.05, 0.1) is 19.0 Å². The number of ether oxygens (including phenoxy) is 1. The molecule has 6 heteroatoms. The predicted octanol–water partition coefficient (Wildman–Crippen LogP) is 2.00. The van der Waals surface area contributed by atoms with E-state index in [1.807, 2.05) is 25.1 Å². The highest BCUT2D eigenvalue weighted by Crippen LogP contribution is 2.13. The molecule has 1 aromatic rings. The van der Waals surface area contributed by atoms with Crippen molar-refractivity contribution in [3.63, 3.8) is 0 Å². The molecule has 22 heavy (non-hydrogen) atoms. The molecule has 0 saturated heterocycles. The zero-order valence-corrected chi connectivity index (χ0v) is 13.4. The number of benzene rings is 1. The molecular weight excluding hydrogens is 302 g/mol. The second-order valence-corrected chi connectivity index (χ2v) is 5.75. The maximum Gasteiger partial charge on any atom is 0.328 e. The first-order chi connectivity index (χ1) is 10.5. The van der Waals surface area contributed by atoms with Gasteiger partial charge < -0.3 is 15.2 Å². The number of hydrogen-bond acceptors (Lipinski definition) is 4. The van der Waals surface area contributed by atoms with E-state index in [1.54, 1.807) is 0 Å². The summed E-state index contributed by atoms with van der Waals surface area (Å²) in [6.45, 7) is 5.67. The lowest BCUT2D eigenvalue weighted by Gasteiger charge is -2.14. The Morgan fingerprint density at radius 1 is 1.50 bits per heavy atom. The number of carbonyl (C=O) groups is 2. The number of carboxylic acid groups (broad SMARTS) is 1. The number of hydrogen-bond donors (Lipinski definition) is 2. The van der Waals surface area contributed by atoms with Gasteiger partial charge in [0.15, 0.2) is 6.04 Å². The van der Waals surface area contributed by atoms with Gasteiger partial charge in [0, 0.05) is 5.75 Å². The molecule has 1 rings (SSSR count). The van der Waals surface area contributed by atoms with E-state index in [-0.39, 0.29) is 24.9 Å². The molecule has 5 nitrogen and oxygen atoms in total. The summed E-state index contributed by atoms with van der Waals surface area (Å²) in [5.41, 5.74) is 2.31. The first-order valence-corrected chi connectivity index (χ1v) is 8.02. The van der Waals surface area contributed by atoms with Crippen LogP contribution in [0, 0.1) is 6.92 Å². The minimum Gasteiger partial charge on any atom is -0.480 e. The highest BCUT2D eigenvalue weighted by Gasteiger charge is 2.19. The van der Waals surface area contributed by atoms with Crippen molar-refractivity contribution < 1.29 is 19.4 Å². The van der Waals surface area contributed by atoms with E-state index in [0.717, 1.165) is 5.56 Å². The first kappa shape index (κ1) is 18.3. The summed E-state index contributed by atoms with van der Waals surface area (Å²) in [5, 5.41) is 11.5. The molecular formula is C16H21NO4S. The highest BCUT2D eigenvalue weighted by molar-refractivity contribution is 7.99. The van der Waals surface area contributed by atoms with Crippen LogP contribution in [0.1, 0.15) is 11.1 Å². The third-order valence-electron chi connectivity index (χ3n) is 2.74. The van der Waals surface area contributed by atoms with E-state index in [0.29, 0.717) is 5.75 Å². The van der Waals surface area contributed by atoms with Crippen molar-refractivity contribution >= 4 is 23.6 Å². The Balaban J connectivity index is 2.34. The SMILES string of the molecule is C=CCOCC(NC(=O)CSCc1cccc(C)c1)C(=O)O. The van der Waals surface area contributed by atoms with Crippen LogP contribution in [0.4, 0.5) is 0 Å². The maximum absolute atomic E-state index is 11.8. The smallest absolute Gasteiger partial charge is 0.328 e. The Bertz CT molecular complexity index is 519. The van der Waals surface area contributed by atoms with E-state index < -0.39 is 12.0 Å². The van der Waals surface area contributed by atoms with Crippen molar-refractivity contribution in [1.82, 2.24) is 5.32 Å². The topological polar surface area (TPSA) is 75.6 Å². The van der Waals surface area contributed by atoms with Gasteiger partial charge in [-0.1, -0.05) is 35.9 Å². The molecule has 0 heterocycles. The van der Waals surface area contributed by atoms with Crippen molar-refractivity contribution in [2.24, 2.45) is 0 Å². The Hall–Kier alpha value is -1.79. The fourth-order valence-electron chi connectivity index (χ4n) is 1.74. The molecule has 0 aromatic heterocycles. The fourth-order valence-corrected chi connectivity index (χ4v) is 2.53. The van der Waals surface area contributed by atoms with Gasteiger partial charge in [-0.15, -0.1) is 18.3 Å². The Kier molecular flexibility index (Phi) is 8.32. The number of nitrogens with one attached hydrogen (secondary N) is 1. The molecule has 0 aliphatic rings. The van der Waals surface area contributed by atoms with Crippen molar-refractivity contribution in [2.75, 3.05) is 19.0 Å². The lowest BCUT2D eigenvalue weighted by Crippen LogP contribution is -2.44. The minimum absolute atomic E-state index is 0.0738. The molecule has 0 radical (unpaired) electrons. The zero-order chi connectivity index (χ0) is 16.4. The van der Waals surface area contributed by atoms with Gasteiger partial charge in [-0.25, -0.2) is 4.79 Å². The maximum atomic E-state index is 11.8. The molecule has 1 amide bonds. The van der Waals surface area contributed by atoms with Crippen molar-refractivity contribution in [1.29, 1.82) is 0 Å². The molecule has 1 atom stereocenters. The lowest BCUT2D eigenvalue weighted by atomic mass is 10.2. The van der Waals surface area contributed by atoms with Gasteiger partial charge in [0.25, 0.3) is 0 Å². The van der Waals surface area contributed by atoms with Crippen LogP contribution in [0.25, 0.3) is 0 Å². The highest BCUT2D eigenvalue weighted by atomic mass is 32.2. The number of aryl methyl sites for hydroxylation is 1. The van der Waals surface area contributed by atoms with Crippen LogP contribution in [-0.4, -0.2) is 42.0 Å². The molecule has 0 spiro atoms. The molecule has 0 aliphatic carbocycles. The lowest BCUT2D eigenvalue weighted by molar-refractivity contribution is -0.143. The van der Waals surface area contributed by atoms with Gasteiger partial charge in [-0.05, 0) is 12.5 Å². The molecule has 0 fully saturated rings. The molecule has 0 saturated carbocycles. The normalized spacial score (nSPS) is 11.7. The van der Waals surface area contributed by atoms with Crippen LogP contribution < -0.4 is 5.32 Å². The van der Waals surface area contributed by atoms with E-state index >= 15 is 0 Å². The first-order valence-electron chi connectivity index (χ1n) is 6.87. The Labute approximate surface area is 134 Å². The van der Waals surface area contributed by atoms with Gasteiger partial charge in [0.1, 0.15) is 0 Å². The van der Waals surface area contributed by atoms with E-state index in [9.17, 15) is 9.59 Å². The summed E-state index contributed by atoms with van der Waals surface area (Å²) >= 11 is 1.44. The monoisotopic (exact) mass is 323 g/mol. The van der Waals surface area contributed by atoms with Crippen molar-refractivity contribution in [2.45, 2.75) is 18.7 Å². The second kappa shape index (κ2) is 10.0. The van der Waals surface area contributed by atoms with E-state index in [1.165, 1.54) is 23.4 Å². The van der Waals surface area contributed by atoms with Crippen LogP contribution in [-0.2, 0) is 20.1 Å². The standard InChI is InChI=1S/C16H21NO4S/c1-3-7-21-9-14(16(19)20)17-15(18)11-22-10-13-6-4-5-12(2)8-13/h3-6,8,14H,1,7,9-11H2,2H3,(H,17,18)(H,19,20). The number of carboxylic acids is 1. The molecule has 1 aromatic carbocycles. The van der Waals surface area contributed by atoms with E-state index in [4.69, 9.17) is 9.84 Å². The number of carbonyl (C=O) groups excluding carboxylic acids is 1. The number of amides is 1.